The van der Waals surface area contributed by atoms with Crippen LogP contribution in [0.5, 0.6) is 11.8 Å². The van der Waals surface area contributed by atoms with Crippen molar-refractivity contribution in [3.8, 4) is 11.8 Å². The maximum absolute atomic E-state index is 12.3. The summed E-state index contributed by atoms with van der Waals surface area (Å²) >= 11 is 0. The maximum Gasteiger partial charge on any atom is 0.231 e. The smallest absolute Gasteiger partial charge is 0.231 e. The molecule has 122 valence electrons. The Labute approximate surface area is 131 Å². The molecule has 1 aromatic heterocycles. The number of amides is 1. The van der Waals surface area contributed by atoms with Crippen LogP contribution >= 0.6 is 0 Å². The van der Waals surface area contributed by atoms with Crippen molar-refractivity contribution >= 4 is 11.9 Å². The fraction of sp³-hybridized carbons (Fsp3) is 0.667. The molecular formula is C15H24N4O3. The van der Waals surface area contributed by atoms with Gasteiger partial charge in [-0.3, -0.25) is 4.79 Å². The molecule has 22 heavy (non-hydrogen) atoms. The molecule has 0 aromatic carbocycles. The van der Waals surface area contributed by atoms with Crippen molar-refractivity contribution in [1.29, 1.82) is 0 Å². The molecule has 1 aliphatic heterocycles. The van der Waals surface area contributed by atoms with E-state index in [-0.39, 0.29) is 17.4 Å². The third kappa shape index (κ3) is 3.99. The van der Waals surface area contributed by atoms with Crippen LogP contribution in [0.1, 0.15) is 27.2 Å². The second-order valence-electron chi connectivity index (χ2n) is 6.42. The van der Waals surface area contributed by atoms with Crippen molar-refractivity contribution < 1.29 is 14.3 Å². The lowest BCUT2D eigenvalue weighted by Gasteiger charge is -2.23. The minimum Gasteiger partial charge on any atom is -0.481 e. The molecular weight excluding hydrogens is 284 g/mol. The van der Waals surface area contributed by atoms with E-state index in [0.29, 0.717) is 24.3 Å². The SMILES string of the molecule is COc1cc(OC)nc(N2CCC(C(=O)NC(C)(C)C)C2)n1. The Morgan fingerprint density at radius 2 is 1.86 bits per heavy atom. The first kappa shape index (κ1) is 16.3. The van der Waals surface area contributed by atoms with Crippen LogP contribution < -0.4 is 19.7 Å². The molecule has 0 aliphatic carbocycles. The summed E-state index contributed by atoms with van der Waals surface area (Å²) in [5.41, 5.74) is -0.222. The predicted molar refractivity (Wildman–Crippen MR) is 83.4 cm³/mol. The Bertz CT molecular complexity index is 520. The first-order valence-electron chi connectivity index (χ1n) is 7.36. The van der Waals surface area contributed by atoms with Crippen LogP contribution in [0.15, 0.2) is 6.07 Å². The number of hydrogen-bond acceptors (Lipinski definition) is 6. The molecule has 0 radical (unpaired) electrons. The minimum atomic E-state index is -0.222. The van der Waals surface area contributed by atoms with Crippen LogP contribution in [-0.4, -0.2) is 48.7 Å². The number of carbonyl (C=O) groups excluding carboxylic acids is 1. The highest BCUT2D eigenvalue weighted by atomic mass is 16.5. The molecule has 0 bridgehead atoms. The number of ether oxygens (including phenoxy) is 2. The van der Waals surface area contributed by atoms with Gasteiger partial charge in [-0.15, -0.1) is 0 Å². The van der Waals surface area contributed by atoms with Crippen molar-refractivity contribution in [3.63, 3.8) is 0 Å². The molecule has 1 atom stereocenters. The number of nitrogens with zero attached hydrogens (tertiary/aromatic N) is 3. The molecule has 1 amide bonds. The Morgan fingerprint density at radius 3 is 2.36 bits per heavy atom. The first-order chi connectivity index (χ1) is 10.3. The van der Waals surface area contributed by atoms with Crippen LogP contribution in [0.25, 0.3) is 0 Å². The number of nitrogens with one attached hydrogen (secondary N) is 1. The zero-order valence-corrected chi connectivity index (χ0v) is 13.8. The van der Waals surface area contributed by atoms with Gasteiger partial charge in [0.15, 0.2) is 0 Å². The first-order valence-corrected chi connectivity index (χ1v) is 7.36. The van der Waals surface area contributed by atoms with Gasteiger partial charge in [0.2, 0.25) is 23.6 Å². The minimum absolute atomic E-state index is 0.0555. The van der Waals surface area contributed by atoms with Crippen LogP contribution in [0.4, 0.5) is 5.95 Å². The van der Waals surface area contributed by atoms with Crippen molar-refractivity contribution in [3.05, 3.63) is 6.07 Å². The van der Waals surface area contributed by atoms with Crippen LogP contribution in [-0.2, 0) is 4.79 Å². The van der Waals surface area contributed by atoms with Crippen LogP contribution in [0.2, 0.25) is 0 Å². The second-order valence-corrected chi connectivity index (χ2v) is 6.42. The van der Waals surface area contributed by atoms with Crippen molar-refractivity contribution in [1.82, 2.24) is 15.3 Å². The third-order valence-electron chi connectivity index (χ3n) is 3.43. The fourth-order valence-electron chi connectivity index (χ4n) is 2.37. The normalized spacial score (nSPS) is 18.2. The van der Waals surface area contributed by atoms with Gasteiger partial charge in [0, 0.05) is 18.6 Å². The lowest BCUT2D eigenvalue weighted by Crippen LogP contribution is -2.44. The summed E-state index contributed by atoms with van der Waals surface area (Å²) in [7, 11) is 3.10. The summed E-state index contributed by atoms with van der Waals surface area (Å²) in [4.78, 5) is 22.9. The van der Waals surface area contributed by atoms with E-state index in [4.69, 9.17) is 9.47 Å². The lowest BCUT2D eigenvalue weighted by molar-refractivity contribution is -0.125. The van der Waals surface area contributed by atoms with Crippen LogP contribution in [0, 0.1) is 5.92 Å². The number of carbonyl (C=O) groups is 1. The van der Waals surface area contributed by atoms with Gasteiger partial charge in [-0.1, -0.05) is 0 Å². The van der Waals surface area contributed by atoms with E-state index in [2.05, 4.69) is 15.3 Å². The summed E-state index contributed by atoms with van der Waals surface area (Å²) in [5.74, 6) is 1.45. The Kier molecular flexibility index (Phi) is 4.73. The summed E-state index contributed by atoms with van der Waals surface area (Å²) < 4.78 is 10.3. The van der Waals surface area contributed by atoms with Gasteiger partial charge in [-0.05, 0) is 27.2 Å². The number of anilines is 1. The summed E-state index contributed by atoms with van der Waals surface area (Å²) in [6.45, 7) is 7.27. The lowest BCUT2D eigenvalue weighted by atomic mass is 10.0. The van der Waals surface area contributed by atoms with Gasteiger partial charge in [-0.2, -0.15) is 9.97 Å². The van der Waals surface area contributed by atoms with Gasteiger partial charge >= 0.3 is 0 Å². The highest BCUT2D eigenvalue weighted by Gasteiger charge is 2.31. The number of rotatable bonds is 4. The molecule has 1 aliphatic rings. The number of aromatic nitrogens is 2. The van der Waals surface area contributed by atoms with Gasteiger partial charge in [0.1, 0.15) is 0 Å². The molecule has 7 heteroatoms. The summed E-state index contributed by atoms with van der Waals surface area (Å²) in [6.07, 6.45) is 0.783. The summed E-state index contributed by atoms with van der Waals surface area (Å²) in [6, 6.07) is 1.63. The van der Waals surface area contributed by atoms with Crippen LogP contribution in [0.3, 0.4) is 0 Å². The third-order valence-corrected chi connectivity index (χ3v) is 3.43. The standard InChI is InChI=1S/C15H24N4O3/c1-15(2,3)18-13(20)10-6-7-19(9-10)14-16-11(21-4)8-12(17-14)22-5/h8,10H,6-7,9H2,1-5H3,(H,18,20). The molecule has 1 saturated heterocycles. The van der Waals surface area contributed by atoms with E-state index in [1.165, 1.54) is 0 Å². The van der Waals surface area contributed by atoms with Crippen molar-refractivity contribution in [2.24, 2.45) is 5.92 Å². The van der Waals surface area contributed by atoms with Crippen molar-refractivity contribution in [2.45, 2.75) is 32.7 Å². The predicted octanol–water partition coefficient (Wildman–Crippen LogP) is 1.23. The average Bonchev–Trinajstić information content (AvgIpc) is 2.95. The number of hydrogen-bond donors (Lipinski definition) is 1. The van der Waals surface area contributed by atoms with Gasteiger partial charge < -0.3 is 19.7 Å². The van der Waals surface area contributed by atoms with Gasteiger partial charge in [-0.25, -0.2) is 0 Å². The molecule has 0 saturated carbocycles. The van der Waals surface area contributed by atoms with E-state index in [1.807, 2.05) is 25.7 Å². The van der Waals surface area contributed by atoms with Crippen molar-refractivity contribution in [2.75, 3.05) is 32.2 Å². The Hall–Kier alpha value is -2.05. The molecule has 7 nitrogen and oxygen atoms in total. The zero-order chi connectivity index (χ0) is 16.3. The molecule has 0 spiro atoms. The Balaban J connectivity index is 2.08. The molecule has 1 fully saturated rings. The fourth-order valence-corrected chi connectivity index (χ4v) is 2.37. The number of methoxy groups -OCH3 is 2. The largest absolute Gasteiger partial charge is 0.481 e. The highest BCUT2D eigenvalue weighted by Crippen LogP contribution is 2.25. The highest BCUT2D eigenvalue weighted by molar-refractivity contribution is 5.80. The zero-order valence-electron chi connectivity index (χ0n) is 13.8. The monoisotopic (exact) mass is 308 g/mol. The van der Waals surface area contributed by atoms with Gasteiger partial charge in [0.05, 0.1) is 26.2 Å². The molecule has 1 unspecified atom stereocenters. The van der Waals surface area contributed by atoms with E-state index >= 15 is 0 Å². The molecule has 2 heterocycles. The molecule has 2 rings (SSSR count). The molecule has 1 N–H and O–H groups in total. The maximum atomic E-state index is 12.3. The average molecular weight is 308 g/mol. The quantitative estimate of drug-likeness (QED) is 0.901. The van der Waals surface area contributed by atoms with E-state index < -0.39 is 0 Å². The van der Waals surface area contributed by atoms with E-state index in [9.17, 15) is 4.79 Å². The summed E-state index contributed by atoms with van der Waals surface area (Å²) in [5, 5.41) is 3.02. The van der Waals surface area contributed by atoms with E-state index in [0.717, 1.165) is 13.0 Å². The second kappa shape index (κ2) is 6.37. The molecule has 1 aromatic rings. The van der Waals surface area contributed by atoms with E-state index in [1.54, 1.807) is 20.3 Å². The Morgan fingerprint density at radius 1 is 1.27 bits per heavy atom. The van der Waals surface area contributed by atoms with Gasteiger partial charge in [0.25, 0.3) is 0 Å². The topological polar surface area (TPSA) is 76.6 Å².